The summed E-state index contributed by atoms with van der Waals surface area (Å²) < 4.78 is 11.1. The standard InChI is InChI=1S/C23H18N4O2S/c1-28-18-10-7-16(8-11-18)21-24-19-12-9-17(13-20(19)25-21)22-26-27-23(29-22)30-14-15-5-3-2-4-6-15/h2-13H,14H2,1H3,(H,24,25). The molecule has 5 rings (SSSR count). The van der Waals surface area contributed by atoms with Crippen LogP contribution in [0.15, 0.2) is 82.4 Å². The van der Waals surface area contributed by atoms with E-state index in [4.69, 9.17) is 9.15 Å². The van der Waals surface area contributed by atoms with E-state index in [2.05, 4.69) is 32.3 Å². The number of hydrogen-bond acceptors (Lipinski definition) is 6. The van der Waals surface area contributed by atoms with Crippen LogP contribution in [0.3, 0.4) is 0 Å². The van der Waals surface area contributed by atoms with Crippen molar-refractivity contribution >= 4 is 22.8 Å². The topological polar surface area (TPSA) is 76.8 Å². The number of ether oxygens (including phenoxy) is 1. The molecule has 148 valence electrons. The molecule has 0 bridgehead atoms. The summed E-state index contributed by atoms with van der Waals surface area (Å²) in [6.07, 6.45) is 0. The number of aromatic nitrogens is 4. The average molecular weight is 414 g/mol. The van der Waals surface area contributed by atoms with E-state index >= 15 is 0 Å². The molecule has 1 N–H and O–H groups in total. The summed E-state index contributed by atoms with van der Waals surface area (Å²) in [6, 6.07) is 23.9. The summed E-state index contributed by atoms with van der Waals surface area (Å²) in [7, 11) is 1.65. The zero-order valence-corrected chi connectivity index (χ0v) is 17.0. The Morgan fingerprint density at radius 3 is 2.53 bits per heavy atom. The van der Waals surface area contributed by atoms with Crippen molar-refractivity contribution < 1.29 is 9.15 Å². The predicted octanol–water partition coefficient (Wildman–Crippen LogP) is 5.58. The van der Waals surface area contributed by atoms with Gasteiger partial charge in [-0.25, -0.2) is 4.98 Å². The third-order valence-corrected chi connectivity index (χ3v) is 5.59. The van der Waals surface area contributed by atoms with Crippen molar-refractivity contribution in [3.8, 4) is 28.6 Å². The van der Waals surface area contributed by atoms with E-state index in [0.717, 1.165) is 39.5 Å². The fourth-order valence-corrected chi connectivity index (χ4v) is 3.85. The Balaban J connectivity index is 1.36. The number of nitrogens with one attached hydrogen (secondary N) is 1. The van der Waals surface area contributed by atoms with E-state index in [1.807, 2.05) is 60.7 Å². The SMILES string of the molecule is COc1ccc(-c2nc3ccc(-c4nnc(SCc5ccccc5)o4)cc3[nH]2)cc1. The van der Waals surface area contributed by atoms with Crippen LogP contribution in [0.5, 0.6) is 5.75 Å². The number of hydrogen-bond donors (Lipinski definition) is 1. The predicted molar refractivity (Wildman–Crippen MR) is 117 cm³/mol. The van der Waals surface area contributed by atoms with Crippen molar-refractivity contribution in [2.24, 2.45) is 0 Å². The van der Waals surface area contributed by atoms with Gasteiger partial charge in [0.1, 0.15) is 11.6 Å². The Bertz CT molecular complexity index is 1280. The van der Waals surface area contributed by atoms with E-state index in [1.54, 1.807) is 7.11 Å². The first-order valence-electron chi connectivity index (χ1n) is 9.43. The summed E-state index contributed by atoms with van der Waals surface area (Å²) >= 11 is 1.53. The molecule has 0 radical (unpaired) electrons. The molecular formula is C23H18N4O2S. The molecule has 30 heavy (non-hydrogen) atoms. The van der Waals surface area contributed by atoms with Crippen LogP contribution in [-0.2, 0) is 5.75 Å². The summed E-state index contributed by atoms with van der Waals surface area (Å²) in [5, 5.41) is 8.92. The Labute approximate surface area is 177 Å². The summed E-state index contributed by atoms with van der Waals surface area (Å²) in [4.78, 5) is 8.04. The molecule has 0 atom stereocenters. The van der Waals surface area contributed by atoms with Crippen molar-refractivity contribution in [1.29, 1.82) is 0 Å². The van der Waals surface area contributed by atoms with Gasteiger partial charge in [0.2, 0.25) is 5.89 Å². The maximum absolute atomic E-state index is 5.85. The van der Waals surface area contributed by atoms with E-state index in [9.17, 15) is 0 Å². The molecule has 0 aliphatic heterocycles. The smallest absolute Gasteiger partial charge is 0.277 e. The molecule has 5 aromatic rings. The molecule has 0 saturated heterocycles. The molecule has 0 spiro atoms. The van der Waals surface area contributed by atoms with Gasteiger partial charge in [0.15, 0.2) is 0 Å². The fourth-order valence-electron chi connectivity index (χ4n) is 3.13. The molecule has 0 aliphatic carbocycles. The van der Waals surface area contributed by atoms with Gasteiger partial charge in [0.25, 0.3) is 5.22 Å². The monoisotopic (exact) mass is 414 g/mol. The molecule has 7 heteroatoms. The lowest BCUT2D eigenvalue weighted by Crippen LogP contribution is -1.83. The zero-order valence-electron chi connectivity index (χ0n) is 16.2. The molecule has 2 aromatic heterocycles. The summed E-state index contributed by atoms with van der Waals surface area (Å²) in [6.45, 7) is 0. The Hall–Kier alpha value is -3.58. The first kappa shape index (κ1) is 18.4. The third kappa shape index (κ3) is 3.79. The molecule has 0 fully saturated rings. The van der Waals surface area contributed by atoms with Crippen LogP contribution in [0.25, 0.3) is 33.9 Å². The lowest BCUT2D eigenvalue weighted by Gasteiger charge is -2.00. The second-order valence-electron chi connectivity index (χ2n) is 6.69. The van der Waals surface area contributed by atoms with Gasteiger partial charge in [0.05, 0.1) is 18.1 Å². The Morgan fingerprint density at radius 1 is 0.933 bits per heavy atom. The minimum Gasteiger partial charge on any atom is -0.497 e. The Morgan fingerprint density at radius 2 is 1.73 bits per heavy atom. The van der Waals surface area contributed by atoms with E-state index in [1.165, 1.54) is 17.3 Å². The number of aromatic amines is 1. The number of nitrogens with zero attached hydrogens (tertiary/aromatic N) is 3. The van der Waals surface area contributed by atoms with E-state index in [-0.39, 0.29) is 0 Å². The average Bonchev–Trinajstić information content (AvgIpc) is 3.45. The lowest BCUT2D eigenvalue weighted by molar-refractivity contribution is 0.415. The van der Waals surface area contributed by atoms with Crippen molar-refractivity contribution in [2.45, 2.75) is 11.0 Å². The third-order valence-electron chi connectivity index (χ3n) is 4.70. The maximum Gasteiger partial charge on any atom is 0.277 e. The second kappa shape index (κ2) is 8.04. The van der Waals surface area contributed by atoms with E-state index in [0.29, 0.717) is 11.1 Å². The minimum absolute atomic E-state index is 0.494. The van der Waals surface area contributed by atoms with Crippen LogP contribution in [-0.4, -0.2) is 27.3 Å². The minimum atomic E-state index is 0.494. The number of H-pyrrole nitrogens is 1. The number of benzene rings is 3. The van der Waals surface area contributed by atoms with Crippen molar-refractivity contribution in [3.05, 3.63) is 78.4 Å². The van der Waals surface area contributed by atoms with Crippen molar-refractivity contribution in [3.63, 3.8) is 0 Å². The molecular weight excluding hydrogens is 396 g/mol. The van der Waals surface area contributed by atoms with Gasteiger partial charge >= 0.3 is 0 Å². The van der Waals surface area contributed by atoms with Gasteiger partial charge in [0, 0.05) is 16.9 Å². The normalized spacial score (nSPS) is 11.1. The van der Waals surface area contributed by atoms with Crippen LogP contribution >= 0.6 is 11.8 Å². The number of fused-ring (bicyclic) bond motifs is 1. The van der Waals surface area contributed by atoms with Crippen LogP contribution < -0.4 is 4.74 Å². The summed E-state index contributed by atoms with van der Waals surface area (Å²) in [5.41, 5.74) is 4.85. The number of imidazole rings is 1. The molecule has 0 unspecified atom stereocenters. The molecule has 0 aliphatic rings. The highest BCUT2D eigenvalue weighted by Gasteiger charge is 2.12. The van der Waals surface area contributed by atoms with Crippen LogP contribution in [0.4, 0.5) is 0 Å². The Kier molecular flexibility index (Phi) is 4.94. The molecule has 6 nitrogen and oxygen atoms in total. The number of thioether (sulfide) groups is 1. The van der Waals surface area contributed by atoms with Crippen molar-refractivity contribution in [1.82, 2.24) is 20.2 Å². The van der Waals surface area contributed by atoms with Crippen LogP contribution in [0, 0.1) is 0 Å². The van der Waals surface area contributed by atoms with Gasteiger partial charge in [-0.1, -0.05) is 42.1 Å². The van der Waals surface area contributed by atoms with Gasteiger partial charge in [-0.3, -0.25) is 0 Å². The molecule has 0 amide bonds. The van der Waals surface area contributed by atoms with Gasteiger partial charge in [-0.15, -0.1) is 10.2 Å². The van der Waals surface area contributed by atoms with Gasteiger partial charge < -0.3 is 14.1 Å². The van der Waals surface area contributed by atoms with Gasteiger partial charge in [-0.05, 0) is 48.0 Å². The highest BCUT2D eigenvalue weighted by molar-refractivity contribution is 7.98. The fraction of sp³-hybridized carbons (Fsp3) is 0.0870. The highest BCUT2D eigenvalue weighted by Crippen LogP contribution is 2.29. The summed E-state index contributed by atoms with van der Waals surface area (Å²) in [5.74, 6) is 2.89. The first-order valence-corrected chi connectivity index (χ1v) is 10.4. The van der Waals surface area contributed by atoms with E-state index < -0.39 is 0 Å². The largest absolute Gasteiger partial charge is 0.497 e. The van der Waals surface area contributed by atoms with Crippen LogP contribution in [0.2, 0.25) is 0 Å². The maximum atomic E-state index is 5.85. The first-order chi connectivity index (χ1) is 14.8. The van der Waals surface area contributed by atoms with Crippen molar-refractivity contribution in [2.75, 3.05) is 7.11 Å². The van der Waals surface area contributed by atoms with Gasteiger partial charge in [-0.2, -0.15) is 0 Å². The molecule has 2 heterocycles. The number of rotatable bonds is 6. The lowest BCUT2D eigenvalue weighted by atomic mass is 10.2. The van der Waals surface area contributed by atoms with Crippen LogP contribution in [0.1, 0.15) is 5.56 Å². The highest BCUT2D eigenvalue weighted by atomic mass is 32.2. The second-order valence-corrected chi connectivity index (χ2v) is 7.62. The number of methoxy groups -OCH3 is 1. The molecule has 3 aromatic carbocycles. The quantitative estimate of drug-likeness (QED) is 0.366. The molecule has 0 saturated carbocycles. The zero-order chi connectivity index (χ0) is 20.3.